The molecule has 0 aliphatic heterocycles. The van der Waals surface area contributed by atoms with Crippen molar-refractivity contribution in [3.8, 4) is 0 Å². The van der Waals surface area contributed by atoms with Crippen LogP contribution < -0.4 is 10.9 Å². The van der Waals surface area contributed by atoms with E-state index < -0.39 is 0 Å². The van der Waals surface area contributed by atoms with Crippen molar-refractivity contribution >= 4 is 17.3 Å². The highest BCUT2D eigenvalue weighted by atomic mass is 35.5. The average molecular weight is 284 g/mol. The third-order valence-electron chi connectivity index (χ3n) is 4.00. The normalized spacial score (nSPS) is 23.3. The van der Waals surface area contributed by atoms with Gasteiger partial charge in [0.15, 0.2) is 0 Å². The van der Waals surface area contributed by atoms with E-state index in [9.17, 15) is 4.79 Å². The molecule has 0 radical (unpaired) electrons. The van der Waals surface area contributed by atoms with Crippen molar-refractivity contribution < 1.29 is 0 Å². The molecule has 106 valence electrons. The van der Waals surface area contributed by atoms with Crippen molar-refractivity contribution in [2.24, 2.45) is 11.8 Å². The molecule has 19 heavy (non-hydrogen) atoms. The molecule has 4 nitrogen and oxygen atoms in total. The molecular formula is C14H22ClN3O. The highest BCUT2D eigenvalue weighted by molar-refractivity contribution is 6.32. The third kappa shape index (κ3) is 3.50. The molecule has 0 amide bonds. The van der Waals surface area contributed by atoms with E-state index >= 15 is 0 Å². The molecule has 1 heterocycles. The van der Waals surface area contributed by atoms with Gasteiger partial charge in [-0.15, -0.1) is 0 Å². The summed E-state index contributed by atoms with van der Waals surface area (Å²) in [6.07, 6.45) is 6.76. The van der Waals surface area contributed by atoms with Gasteiger partial charge in [-0.2, -0.15) is 5.10 Å². The van der Waals surface area contributed by atoms with Gasteiger partial charge in [0.1, 0.15) is 5.02 Å². The lowest BCUT2D eigenvalue weighted by atomic mass is 9.83. The largest absolute Gasteiger partial charge is 0.382 e. The van der Waals surface area contributed by atoms with Gasteiger partial charge >= 0.3 is 0 Å². The van der Waals surface area contributed by atoms with Crippen LogP contribution in [0.15, 0.2) is 11.0 Å². The van der Waals surface area contributed by atoms with Gasteiger partial charge in [-0.05, 0) is 31.6 Å². The molecule has 2 rings (SSSR count). The van der Waals surface area contributed by atoms with Gasteiger partial charge in [0.05, 0.1) is 11.9 Å². The van der Waals surface area contributed by atoms with E-state index in [2.05, 4.69) is 17.3 Å². The van der Waals surface area contributed by atoms with E-state index in [4.69, 9.17) is 11.6 Å². The number of nitrogens with zero attached hydrogens (tertiary/aromatic N) is 2. The van der Waals surface area contributed by atoms with Crippen LogP contribution in [0.2, 0.25) is 5.02 Å². The predicted molar refractivity (Wildman–Crippen MR) is 78.8 cm³/mol. The summed E-state index contributed by atoms with van der Waals surface area (Å²) in [5.74, 6) is 1.54. The molecule has 0 unspecified atom stereocenters. The minimum Gasteiger partial charge on any atom is -0.382 e. The summed E-state index contributed by atoms with van der Waals surface area (Å²) in [6.45, 7) is 5.61. The Bertz CT molecular complexity index is 478. The lowest BCUT2D eigenvalue weighted by Gasteiger charge is -2.26. The standard InChI is InChI=1S/C14H22ClN3O/c1-3-18-14(19)13(15)12(9-17-18)16-8-11-6-4-10(2)5-7-11/h9-11,16H,3-8H2,1-2H3. The number of hydrogen-bond donors (Lipinski definition) is 1. The lowest BCUT2D eigenvalue weighted by molar-refractivity contribution is 0.300. The van der Waals surface area contributed by atoms with Crippen molar-refractivity contribution in [2.45, 2.75) is 46.1 Å². The maximum atomic E-state index is 11.8. The number of aryl methyl sites for hydroxylation is 1. The van der Waals surface area contributed by atoms with Crippen LogP contribution in [0.25, 0.3) is 0 Å². The summed E-state index contributed by atoms with van der Waals surface area (Å²) in [5.41, 5.74) is 0.446. The molecule has 1 aromatic rings. The Balaban J connectivity index is 1.96. The van der Waals surface area contributed by atoms with Crippen LogP contribution in [-0.4, -0.2) is 16.3 Å². The summed E-state index contributed by atoms with van der Waals surface area (Å²) in [7, 11) is 0. The maximum absolute atomic E-state index is 11.8. The number of nitrogens with one attached hydrogen (secondary N) is 1. The Morgan fingerprint density at radius 2 is 2.11 bits per heavy atom. The first kappa shape index (κ1) is 14.4. The molecule has 1 aliphatic carbocycles. The Labute approximate surface area is 119 Å². The van der Waals surface area contributed by atoms with Crippen LogP contribution in [0.1, 0.15) is 39.5 Å². The SMILES string of the molecule is CCn1ncc(NCC2CCC(C)CC2)c(Cl)c1=O. The van der Waals surface area contributed by atoms with Crippen LogP contribution in [0.4, 0.5) is 5.69 Å². The van der Waals surface area contributed by atoms with Crippen molar-refractivity contribution in [1.82, 2.24) is 9.78 Å². The molecule has 1 N–H and O–H groups in total. The Morgan fingerprint density at radius 3 is 2.74 bits per heavy atom. The molecule has 1 aliphatic rings. The van der Waals surface area contributed by atoms with Crippen molar-refractivity contribution in [3.05, 3.63) is 21.6 Å². The molecule has 0 spiro atoms. The minimum absolute atomic E-state index is 0.216. The fourth-order valence-electron chi connectivity index (χ4n) is 2.60. The molecule has 1 saturated carbocycles. The van der Waals surface area contributed by atoms with E-state index in [-0.39, 0.29) is 10.6 Å². The molecule has 0 bridgehead atoms. The summed E-state index contributed by atoms with van der Waals surface area (Å²) in [6, 6.07) is 0. The van der Waals surface area contributed by atoms with Gasteiger partial charge in [-0.25, -0.2) is 4.68 Å². The molecule has 0 atom stereocenters. The van der Waals surface area contributed by atoms with Gasteiger partial charge in [0, 0.05) is 13.1 Å². The Kier molecular flexibility index (Phi) is 4.86. The summed E-state index contributed by atoms with van der Waals surface area (Å²) in [5, 5.41) is 7.62. The highest BCUT2D eigenvalue weighted by Crippen LogP contribution is 2.28. The molecular weight excluding hydrogens is 262 g/mol. The van der Waals surface area contributed by atoms with Gasteiger partial charge in [0.2, 0.25) is 0 Å². The highest BCUT2D eigenvalue weighted by Gasteiger charge is 2.18. The van der Waals surface area contributed by atoms with Crippen LogP contribution in [0.3, 0.4) is 0 Å². The topological polar surface area (TPSA) is 46.9 Å². The van der Waals surface area contributed by atoms with Crippen LogP contribution >= 0.6 is 11.6 Å². The van der Waals surface area contributed by atoms with Gasteiger partial charge in [0.25, 0.3) is 5.56 Å². The third-order valence-corrected chi connectivity index (χ3v) is 4.37. The summed E-state index contributed by atoms with van der Waals surface area (Å²) < 4.78 is 1.37. The monoisotopic (exact) mass is 283 g/mol. The number of rotatable bonds is 4. The molecule has 5 heteroatoms. The average Bonchev–Trinajstić information content (AvgIpc) is 2.42. The second kappa shape index (κ2) is 6.42. The fraction of sp³-hybridized carbons (Fsp3) is 0.714. The molecule has 1 aromatic heterocycles. The Hall–Kier alpha value is -1.03. The first-order chi connectivity index (χ1) is 9.11. The smallest absolute Gasteiger partial charge is 0.287 e. The number of anilines is 1. The van der Waals surface area contributed by atoms with E-state index in [1.807, 2.05) is 6.92 Å². The maximum Gasteiger partial charge on any atom is 0.287 e. The zero-order chi connectivity index (χ0) is 13.8. The second-order valence-corrected chi connectivity index (χ2v) is 5.88. The first-order valence-corrected chi connectivity index (χ1v) is 7.49. The van der Waals surface area contributed by atoms with E-state index in [1.165, 1.54) is 30.4 Å². The number of hydrogen-bond acceptors (Lipinski definition) is 3. The fourth-order valence-corrected chi connectivity index (χ4v) is 2.81. The van der Waals surface area contributed by atoms with E-state index in [0.29, 0.717) is 18.2 Å². The Morgan fingerprint density at radius 1 is 1.42 bits per heavy atom. The number of halogens is 1. The van der Waals surface area contributed by atoms with Crippen molar-refractivity contribution in [2.75, 3.05) is 11.9 Å². The van der Waals surface area contributed by atoms with Crippen molar-refractivity contribution in [3.63, 3.8) is 0 Å². The van der Waals surface area contributed by atoms with Crippen LogP contribution in [0.5, 0.6) is 0 Å². The van der Waals surface area contributed by atoms with Gasteiger partial charge in [-0.3, -0.25) is 4.79 Å². The predicted octanol–water partition coefficient (Wildman–Crippen LogP) is 3.15. The molecule has 0 saturated heterocycles. The molecule has 1 fully saturated rings. The zero-order valence-corrected chi connectivity index (χ0v) is 12.4. The number of aromatic nitrogens is 2. The molecule has 0 aromatic carbocycles. The van der Waals surface area contributed by atoms with Crippen LogP contribution in [-0.2, 0) is 6.54 Å². The van der Waals surface area contributed by atoms with Crippen molar-refractivity contribution in [1.29, 1.82) is 0 Å². The first-order valence-electron chi connectivity index (χ1n) is 7.11. The zero-order valence-electron chi connectivity index (χ0n) is 11.7. The summed E-state index contributed by atoms with van der Waals surface area (Å²) in [4.78, 5) is 11.8. The van der Waals surface area contributed by atoms with Gasteiger partial charge < -0.3 is 5.32 Å². The lowest BCUT2D eigenvalue weighted by Crippen LogP contribution is -2.25. The van der Waals surface area contributed by atoms with Crippen LogP contribution in [0, 0.1) is 11.8 Å². The quantitative estimate of drug-likeness (QED) is 0.923. The van der Waals surface area contributed by atoms with Gasteiger partial charge in [-0.1, -0.05) is 31.4 Å². The van der Waals surface area contributed by atoms with E-state index in [1.54, 1.807) is 6.20 Å². The minimum atomic E-state index is -0.216. The second-order valence-electron chi connectivity index (χ2n) is 5.50. The van der Waals surface area contributed by atoms with E-state index in [0.717, 1.165) is 12.5 Å². The summed E-state index contributed by atoms with van der Waals surface area (Å²) >= 11 is 6.08.